The number of carbonyl (C=O) groups is 1. The molecule has 0 spiro atoms. The molecule has 1 saturated carbocycles. The smallest absolute Gasteiger partial charge is 0.251 e. The Labute approximate surface area is 185 Å². The summed E-state index contributed by atoms with van der Waals surface area (Å²) < 4.78 is 27.3. The quantitative estimate of drug-likeness (QED) is 0.296. The minimum Gasteiger partial charge on any atom is -0.396 e. The van der Waals surface area contributed by atoms with Crippen molar-refractivity contribution in [3.63, 3.8) is 0 Å². The van der Waals surface area contributed by atoms with Gasteiger partial charge in [-0.2, -0.15) is 5.10 Å². The summed E-state index contributed by atoms with van der Waals surface area (Å²) in [5, 5.41) is 8.47. The number of nitrogens with zero attached hydrogens (tertiary/aromatic N) is 5. The number of amides is 1. The fourth-order valence-electron chi connectivity index (χ4n) is 3.36. The van der Waals surface area contributed by atoms with Gasteiger partial charge >= 0.3 is 0 Å². The highest BCUT2D eigenvalue weighted by Crippen LogP contribution is 2.50. The SMILES string of the molecule is CCN(C(=O)C(C)C/C(C)=N\OCCC1CC1(F)F)c1cn(-c2cccnc2)nc1Cl. The number of halogens is 3. The van der Waals surface area contributed by atoms with E-state index in [9.17, 15) is 13.6 Å². The highest BCUT2D eigenvalue weighted by Gasteiger charge is 2.56. The molecule has 1 aliphatic rings. The van der Waals surface area contributed by atoms with Gasteiger partial charge in [0.15, 0.2) is 5.15 Å². The molecule has 1 fully saturated rings. The zero-order valence-electron chi connectivity index (χ0n) is 17.8. The van der Waals surface area contributed by atoms with Gasteiger partial charge in [-0.15, -0.1) is 0 Å². The zero-order valence-corrected chi connectivity index (χ0v) is 18.5. The van der Waals surface area contributed by atoms with Gasteiger partial charge in [-0.3, -0.25) is 9.78 Å². The summed E-state index contributed by atoms with van der Waals surface area (Å²) in [5.41, 5.74) is 1.87. The largest absolute Gasteiger partial charge is 0.396 e. The summed E-state index contributed by atoms with van der Waals surface area (Å²) in [6.45, 7) is 5.97. The van der Waals surface area contributed by atoms with E-state index in [1.807, 2.05) is 13.0 Å². The molecule has 3 rings (SSSR count). The molecule has 2 aromatic heterocycles. The first-order valence-electron chi connectivity index (χ1n) is 10.2. The van der Waals surface area contributed by atoms with Gasteiger partial charge in [0.1, 0.15) is 12.3 Å². The average Bonchev–Trinajstić information content (AvgIpc) is 3.17. The molecule has 1 amide bonds. The maximum Gasteiger partial charge on any atom is 0.251 e. The predicted octanol–water partition coefficient (Wildman–Crippen LogP) is 4.74. The normalized spacial score (nSPS) is 18.5. The second-order valence-corrected chi connectivity index (χ2v) is 8.12. The van der Waals surface area contributed by atoms with E-state index in [1.54, 1.807) is 48.1 Å². The van der Waals surface area contributed by atoms with Crippen LogP contribution in [0.5, 0.6) is 0 Å². The van der Waals surface area contributed by atoms with Gasteiger partial charge in [0.2, 0.25) is 5.91 Å². The number of aromatic nitrogens is 3. The Bertz CT molecular complexity index is 935. The minimum atomic E-state index is -2.54. The number of alkyl halides is 2. The summed E-state index contributed by atoms with van der Waals surface area (Å²) in [6, 6.07) is 3.63. The third-order valence-corrected chi connectivity index (χ3v) is 5.46. The predicted molar refractivity (Wildman–Crippen MR) is 115 cm³/mol. The Morgan fingerprint density at radius 2 is 2.26 bits per heavy atom. The van der Waals surface area contributed by atoms with Gasteiger partial charge in [0.25, 0.3) is 5.92 Å². The molecule has 0 aliphatic heterocycles. The van der Waals surface area contributed by atoms with Gasteiger partial charge in [0.05, 0.1) is 23.8 Å². The molecular weight excluding hydrogens is 428 g/mol. The Kier molecular flexibility index (Phi) is 7.25. The van der Waals surface area contributed by atoms with Crippen LogP contribution >= 0.6 is 11.6 Å². The average molecular weight is 454 g/mol. The number of hydrogen-bond acceptors (Lipinski definition) is 5. The van der Waals surface area contributed by atoms with Crippen LogP contribution in [0.15, 0.2) is 35.9 Å². The van der Waals surface area contributed by atoms with Crippen LogP contribution in [0.2, 0.25) is 5.15 Å². The van der Waals surface area contributed by atoms with Crippen LogP contribution in [0.3, 0.4) is 0 Å². The summed E-state index contributed by atoms with van der Waals surface area (Å²) >= 11 is 6.31. The van der Waals surface area contributed by atoms with E-state index in [4.69, 9.17) is 16.4 Å². The molecule has 2 aromatic rings. The van der Waals surface area contributed by atoms with E-state index in [2.05, 4.69) is 15.2 Å². The molecule has 10 heteroatoms. The fourth-order valence-corrected chi connectivity index (χ4v) is 3.59. The summed E-state index contributed by atoms with van der Waals surface area (Å²) in [7, 11) is 0. The van der Waals surface area contributed by atoms with Crippen molar-refractivity contribution in [2.24, 2.45) is 17.0 Å². The second kappa shape index (κ2) is 9.72. The molecule has 0 saturated heterocycles. The number of rotatable bonds is 10. The van der Waals surface area contributed by atoms with Crippen molar-refractivity contribution in [3.05, 3.63) is 35.9 Å². The van der Waals surface area contributed by atoms with Crippen LogP contribution < -0.4 is 4.90 Å². The van der Waals surface area contributed by atoms with Gasteiger partial charge in [-0.1, -0.05) is 23.7 Å². The van der Waals surface area contributed by atoms with E-state index < -0.39 is 11.8 Å². The maximum atomic E-state index is 13.0. The third-order valence-electron chi connectivity index (χ3n) is 5.19. The van der Waals surface area contributed by atoms with Crippen molar-refractivity contribution in [2.75, 3.05) is 18.1 Å². The van der Waals surface area contributed by atoms with Crippen molar-refractivity contribution in [3.8, 4) is 5.69 Å². The first-order valence-corrected chi connectivity index (χ1v) is 10.6. The van der Waals surface area contributed by atoms with E-state index in [0.717, 1.165) is 5.69 Å². The van der Waals surface area contributed by atoms with Crippen LogP contribution in [0.4, 0.5) is 14.5 Å². The highest BCUT2D eigenvalue weighted by molar-refractivity contribution is 6.32. The third kappa shape index (κ3) is 5.78. The Morgan fingerprint density at radius 3 is 2.87 bits per heavy atom. The first kappa shape index (κ1) is 23.1. The number of anilines is 1. The van der Waals surface area contributed by atoms with E-state index >= 15 is 0 Å². The second-order valence-electron chi connectivity index (χ2n) is 7.76. The van der Waals surface area contributed by atoms with E-state index in [0.29, 0.717) is 24.4 Å². The van der Waals surface area contributed by atoms with Crippen LogP contribution in [0.1, 0.15) is 40.0 Å². The van der Waals surface area contributed by atoms with E-state index in [1.165, 1.54) is 0 Å². The fraction of sp³-hybridized carbons (Fsp3) is 0.524. The molecule has 0 radical (unpaired) electrons. The van der Waals surface area contributed by atoms with Crippen molar-refractivity contribution in [2.45, 2.75) is 46.0 Å². The van der Waals surface area contributed by atoms with Crippen molar-refractivity contribution in [1.29, 1.82) is 0 Å². The molecule has 31 heavy (non-hydrogen) atoms. The molecule has 2 unspecified atom stereocenters. The minimum absolute atomic E-state index is 0.0721. The van der Waals surface area contributed by atoms with Gasteiger partial charge < -0.3 is 9.74 Å². The lowest BCUT2D eigenvalue weighted by atomic mass is 10.0. The standard InChI is InChI=1S/C21H26ClF2N5O2/c1-4-28(18-13-29(26-19(18)22)17-6-5-8-25-12-17)20(30)14(2)10-15(3)27-31-9-7-16-11-21(16,23)24/h5-6,8,12-14,16H,4,7,9-11H2,1-3H3/b27-15-. The summed E-state index contributed by atoms with van der Waals surface area (Å²) in [4.78, 5) is 23.8. The lowest BCUT2D eigenvalue weighted by Crippen LogP contribution is -2.35. The van der Waals surface area contributed by atoms with Crippen LogP contribution in [0, 0.1) is 11.8 Å². The monoisotopic (exact) mass is 453 g/mol. The number of oxime groups is 1. The topological polar surface area (TPSA) is 72.6 Å². The van der Waals surface area contributed by atoms with Gasteiger partial charge in [0, 0.05) is 37.4 Å². The van der Waals surface area contributed by atoms with Gasteiger partial charge in [-0.05, 0) is 32.4 Å². The number of carbonyl (C=O) groups excluding carboxylic acids is 1. The molecule has 2 atom stereocenters. The Balaban J connectivity index is 1.58. The van der Waals surface area contributed by atoms with E-state index in [-0.39, 0.29) is 36.4 Å². The molecule has 0 N–H and O–H groups in total. The molecule has 7 nitrogen and oxygen atoms in total. The molecular formula is C21H26ClF2N5O2. The van der Waals surface area contributed by atoms with Gasteiger partial charge in [-0.25, -0.2) is 13.5 Å². The van der Waals surface area contributed by atoms with Crippen molar-refractivity contribution in [1.82, 2.24) is 14.8 Å². The maximum absolute atomic E-state index is 13.0. The van der Waals surface area contributed by atoms with Crippen molar-refractivity contribution < 1.29 is 18.4 Å². The van der Waals surface area contributed by atoms with Crippen LogP contribution in [0.25, 0.3) is 5.69 Å². The number of pyridine rings is 1. The van der Waals surface area contributed by atoms with Crippen LogP contribution in [-0.4, -0.2) is 45.5 Å². The molecule has 1 aliphatic carbocycles. The molecule has 0 bridgehead atoms. The molecule has 0 aromatic carbocycles. The number of hydrogen-bond donors (Lipinski definition) is 0. The Morgan fingerprint density at radius 1 is 1.52 bits per heavy atom. The highest BCUT2D eigenvalue weighted by atomic mass is 35.5. The van der Waals surface area contributed by atoms with Crippen LogP contribution in [-0.2, 0) is 9.63 Å². The lowest BCUT2D eigenvalue weighted by Gasteiger charge is -2.23. The molecule has 168 valence electrons. The summed E-state index contributed by atoms with van der Waals surface area (Å²) in [6.07, 6.45) is 5.60. The van der Waals surface area contributed by atoms with Crippen molar-refractivity contribution >= 4 is 28.9 Å². The lowest BCUT2D eigenvalue weighted by molar-refractivity contribution is -0.121. The Hall–Kier alpha value is -2.55. The zero-order chi connectivity index (χ0) is 22.6. The first-order chi connectivity index (χ1) is 14.7. The molecule has 2 heterocycles. The summed E-state index contributed by atoms with van der Waals surface area (Å²) in [5.74, 6) is -3.64.